The Labute approximate surface area is 246 Å². The Morgan fingerprint density at radius 2 is 1.58 bits per heavy atom. The van der Waals surface area contributed by atoms with Crippen LogP contribution in [0.2, 0.25) is 0 Å². The number of nitrogens with zero attached hydrogens (tertiary/aromatic N) is 1. The summed E-state index contributed by atoms with van der Waals surface area (Å²) in [5.74, 6) is -5.89. The first kappa shape index (κ1) is 33.6. The summed E-state index contributed by atoms with van der Waals surface area (Å²) in [6.45, 7) is -0.385. The van der Waals surface area contributed by atoms with Crippen LogP contribution in [0.15, 0.2) is 53.4 Å². The number of amides is 1. The number of hydrogen-bond donors (Lipinski definition) is 4. The topological polar surface area (TPSA) is 176 Å². The monoisotopic (exact) mass is 627 g/mol. The molecule has 2 heterocycles. The van der Waals surface area contributed by atoms with Crippen molar-refractivity contribution in [1.82, 2.24) is 9.62 Å². The number of nitrogens with two attached hydrogens (primary N) is 1. The molecule has 4 atom stereocenters. The average Bonchev–Trinajstić information content (AvgIpc) is 3.22. The summed E-state index contributed by atoms with van der Waals surface area (Å²) in [6.07, 6.45) is 3.85. The second-order valence-electron chi connectivity index (χ2n) is 10.1. The van der Waals surface area contributed by atoms with Crippen molar-refractivity contribution in [2.75, 3.05) is 13.7 Å². The highest BCUT2D eigenvalue weighted by Gasteiger charge is 2.44. The predicted molar refractivity (Wildman–Crippen MR) is 147 cm³/mol. The van der Waals surface area contributed by atoms with Gasteiger partial charge in [-0.3, -0.25) is 4.79 Å². The minimum absolute atomic E-state index is 0.0213. The van der Waals surface area contributed by atoms with E-state index >= 15 is 0 Å². The first-order valence-corrected chi connectivity index (χ1v) is 14.7. The fraction of sp³-hybridized carbons (Fsp3) is 0.393. The molecule has 0 aromatic heterocycles. The number of carboxylic acids is 2. The molecular weight excluding hydrogens is 595 g/mol. The Hall–Kier alpha value is -3.95. The van der Waals surface area contributed by atoms with Gasteiger partial charge in [0.2, 0.25) is 15.9 Å². The van der Waals surface area contributed by atoms with E-state index in [1.54, 1.807) is 17.0 Å². The van der Waals surface area contributed by atoms with Gasteiger partial charge in [-0.15, -0.1) is 0 Å². The summed E-state index contributed by atoms with van der Waals surface area (Å²) < 4.78 is 73.7. The molecule has 2 fully saturated rings. The summed E-state index contributed by atoms with van der Waals surface area (Å²) in [4.78, 5) is 33.8. The quantitative estimate of drug-likeness (QED) is 0.228. The largest absolute Gasteiger partial charge is 0.495 e. The van der Waals surface area contributed by atoms with Crippen LogP contribution in [-0.4, -0.2) is 73.2 Å². The van der Waals surface area contributed by atoms with Crippen molar-refractivity contribution in [1.29, 1.82) is 0 Å². The van der Waals surface area contributed by atoms with Gasteiger partial charge in [0.1, 0.15) is 16.5 Å². The molecule has 15 heteroatoms. The molecule has 2 aliphatic heterocycles. The number of fused-ring (bicyclic) bond motifs is 2. The van der Waals surface area contributed by atoms with Crippen LogP contribution in [0, 0.1) is 23.4 Å². The predicted octanol–water partition coefficient (Wildman–Crippen LogP) is 2.44. The molecule has 11 nitrogen and oxygen atoms in total. The zero-order valence-corrected chi connectivity index (χ0v) is 23.9. The normalized spacial score (nSPS) is 20.3. The molecule has 2 aromatic rings. The number of methoxy groups -OCH3 is 1. The Morgan fingerprint density at radius 1 is 1.02 bits per heavy atom. The van der Waals surface area contributed by atoms with E-state index in [0.717, 1.165) is 18.9 Å². The van der Waals surface area contributed by atoms with Crippen LogP contribution >= 0.6 is 0 Å². The van der Waals surface area contributed by atoms with Crippen LogP contribution in [0.5, 0.6) is 5.75 Å². The molecular formula is C28H32F3N3O8S. The molecule has 0 aliphatic carbocycles. The van der Waals surface area contributed by atoms with E-state index in [1.165, 1.54) is 19.2 Å². The molecule has 2 aromatic carbocycles. The number of carboxylic acid groups (broad SMARTS) is 2. The number of benzene rings is 2. The molecule has 5 N–H and O–H groups in total. The molecule has 2 saturated heterocycles. The molecule has 1 unspecified atom stereocenters. The molecule has 1 amide bonds. The van der Waals surface area contributed by atoms with Crippen molar-refractivity contribution in [3.05, 3.63) is 71.6 Å². The Kier molecular flexibility index (Phi) is 11.3. The molecule has 2 bridgehead atoms. The number of hydrogen-bond acceptors (Lipinski definition) is 7. The first-order chi connectivity index (χ1) is 20.2. The third-order valence-electron chi connectivity index (χ3n) is 7.35. The number of halogens is 3. The number of ether oxygens (including phenoxy) is 1. The maximum atomic E-state index is 14.1. The smallest absolute Gasteiger partial charge is 0.328 e. The van der Waals surface area contributed by atoms with Crippen LogP contribution in [0.1, 0.15) is 31.2 Å². The van der Waals surface area contributed by atoms with E-state index in [0.29, 0.717) is 31.1 Å². The first-order valence-electron chi connectivity index (χ1n) is 13.2. The number of para-hydroxylation sites is 1. The van der Waals surface area contributed by atoms with Crippen molar-refractivity contribution in [2.45, 2.75) is 55.1 Å². The lowest BCUT2D eigenvalue weighted by Crippen LogP contribution is -2.52. The molecule has 0 radical (unpaired) electrons. The fourth-order valence-corrected chi connectivity index (χ4v) is 6.57. The summed E-state index contributed by atoms with van der Waals surface area (Å²) in [5.41, 5.74) is 6.35. The third kappa shape index (κ3) is 8.78. The van der Waals surface area contributed by atoms with Crippen molar-refractivity contribution < 1.29 is 50.9 Å². The number of aliphatic carboxylic acids is 2. The van der Waals surface area contributed by atoms with Crippen molar-refractivity contribution in [3.63, 3.8) is 0 Å². The highest BCUT2D eigenvalue weighted by atomic mass is 32.2. The van der Waals surface area contributed by atoms with E-state index in [4.69, 9.17) is 20.7 Å². The Morgan fingerprint density at radius 3 is 2.14 bits per heavy atom. The molecule has 0 spiro atoms. The number of nitrogens with one attached hydrogen (secondary N) is 1. The molecule has 0 saturated carbocycles. The zero-order valence-electron chi connectivity index (χ0n) is 23.1. The molecule has 234 valence electrons. The maximum absolute atomic E-state index is 14.1. The van der Waals surface area contributed by atoms with E-state index < -0.39 is 45.5 Å². The van der Waals surface area contributed by atoms with Gasteiger partial charge >= 0.3 is 11.9 Å². The summed E-state index contributed by atoms with van der Waals surface area (Å²) >= 11 is 0. The van der Waals surface area contributed by atoms with E-state index in [1.807, 2.05) is 0 Å². The van der Waals surface area contributed by atoms with Gasteiger partial charge in [0, 0.05) is 36.3 Å². The van der Waals surface area contributed by atoms with E-state index in [2.05, 4.69) is 4.72 Å². The van der Waals surface area contributed by atoms with E-state index in [9.17, 15) is 36.0 Å². The van der Waals surface area contributed by atoms with Crippen molar-refractivity contribution in [2.24, 2.45) is 11.7 Å². The standard InChI is InChI=1S/C24H28F3N3O4S.C4H4O4/c1-34-22-4-2-3-5-23(22)35(32,33)29-13-24(31)30-16-6-7-17(30)9-15(8-16)21(28)11-14-10-19(26)20(27)12-18(14)25;5-3(6)1-2-4(7)8/h2-5,10,12,15-17,21,29H,6-9,11,13,28H2,1H3;1-2H,(H,5,6)(H,7,8)/t15?,16-,17+,21-;/m1./s1. The van der Waals surface area contributed by atoms with Crippen LogP contribution in [0.25, 0.3) is 0 Å². The number of rotatable bonds is 10. The van der Waals surface area contributed by atoms with Gasteiger partial charge in [-0.05, 0) is 61.8 Å². The third-order valence-corrected chi connectivity index (χ3v) is 8.79. The summed E-state index contributed by atoms with van der Waals surface area (Å²) in [7, 11) is -2.59. The van der Waals surface area contributed by atoms with Gasteiger partial charge in [-0.25, -0.2) is 35.9 Å². The van der Waals surface area contributed by atoms with Gasteiger partial charge in [-0.2, -0.15) is 0 Å². The second kappa shape index (κ2) is 14.5. The number of sulfonamides is 1. The second-order valence-corrected chi connectivity index (χ2v) is 11.9. The molecule has 2 aliphatic rings. The van der Waals surface area contributed by atoms with E-state index in [-0.39, 0.29) is 53.1 Å². The van der Waals surface area contributed by atoms with Gasteiger partial charge in [0.25, 0.3) is 0 Å². The van der Waals surface area contributed by atoms with Gasteiger partial charge < -0.3 is 25.6 Å². The number of carbonyl (C=O) groups is 3. The number of piperidine rings is 1. The van der Waals surface area contributed by atoms with Crippen molar-refractivity contribution in [3.8, 4) is 5.75 Å². The maximum Gasteiger partial charge on any atom is 0.328 e. The Balaban J connectivity index is 0.000000557. The lowest BCUT2D eigenvalue weighted by atomic mass is 9.82. The fourth-order valence-electron chi connectivity index (χ4n) is 5.43. The highest BCUT2D eigenvalue weighted by molar-refractivity contribution is 7.89. The summed E-state index contributed by atoms with van der Waals surface area (Å²) in [6, 6.07) is 6.80. The zero-order chi connectivity index (χ0) is 31.9. The van der Waals surface area contributed by atoms with Crippen LogP contribution < -0.4 is 15.2 Å². The molecule has 43 heavy (non-hydrogen) atoms. The number of carbonyl (C=O) groups excluding carboxylic acids is 1. The highest BCUT2D eigenvalue weighted by Crippen LogP contribution is 2.40. The minimum atomic E-state index is -3.96. The van der Waals surface area contributed by atoms with Crippen LogP contribution in [-0.2, 0) is 30.8 Å². The average molecular weight is 628 g/mol. The minimum Gasteiger partial charge on any atom is -0.495 e. The molecule has 4 rings (SSSR count). The van der Waals surface area contributed by atoms with Crippen LogP contribution in [0.3, 0.4) is 0 Å². The van der Waals surface area contributed by atoms with Crippen molar-refractivity contribution >= 4 is 27.9 Å². The Bertz CT molecular complexity index is 1460. The lowest BCUT2D eigenvalue weighted by Gasteiger charge is -2.41. The lowest BCUT2D eigenvalue weighted by molar-refractivity contribution is -0.135. The van der Waals surface area contributed by atoms with Gasteiger partial charge in [0.15, 0.2) is 11.6 Å². The summed E-state index contributed by atoms with van der Waals surface area (Å²) in [5, 5.41) is 15.6. The van der Waals surface area contributed by atoms with Gasteiger partial charge in [0.05, 0.1) is 13.7 Å². The SMILES string of the molecule is COc1ccccc1S(=O)(=O)NCC(=O)N1[C@@H]2CC[C@H]1CC([C@H](N)Cc1cc(F)c(F)cc1F)C2.O=C(O)C=CC(=O)O. The van der Waals surface area contributed by atoms with Gasteiger partial charge in [-0.1, -0.05) is 12.1 Å². The van der Waals surface area contributed by atoms with Crippen LogP contribution in [0.4, 0.5) is 13.2 Å².